The molecular formula is C10H18N2O3S. The van der Waals surface area contributed by atoms with E-state index in [9.17, 15) is 13.2 Å². The van der Waals surface area contributed by atoms with Gasteiger partial charge in [0.2, 0.25) is 5.91 Å². The first-order valence-corrected chi connectivity index (χ1v) is 6.85. The summed E-state index contributed by atoms with van der Waals surface area (Å²) < 4.78 is 22.2. The van der Waals surface area contributed by atoms with Gasteiger partial charge in [-0.05, 0) is 26.8 Å². The van der Waals surface area contributed by atoms with E-state index in [1.807, 2.05) is 20.8 Å². The average Bonchev–Trinajstić information content (AvgIpc) is 2.41. The van der Waals surface area contributed by atoms with Crippen LogP contribution >= 0.6 is 0 Å². The van der Waals surface area contributed by atoms with Crippen LogP contribution in [0.2, 0.25) is 0 Å². The van der Waals surface area contributed by atoms with Gasteiger partial charge in [0, 0.05) is 10.9 Å². The van der Waals surface area contributed by atoms with Gasteiger partial charge in [-0.25, -0.2) is 8.42 Å². The predicted octanol–water partition coefficient (Wildman–Crippen LogP) is -0.199. The molecule has 1 atom stereocenters. The van der Waals surface area contributed by atoms with Gasteiger partial charge in [-0.2, -0.15) is 0 Å². The second-order valence-electron chi connectivity index (χ2n) is 4.94. The van der Waals surface area contributed by atoms with E-state index < -0.39 is 9.84 Å². The normalized spacial score (nSPS) is 23.3. The van der Waals surface area contributed by atoms with E-state index >= 15 is 0 Å². The van der Waals surface area contributed by atoms with Crippen molar-refractivity contribution in [2.45, 2.75) is 32.4 Å². The minimum atomic E-state index is -3.10. The van der Waals surface area contributed by atoms with Gasteiger partial charge in [0.25, 0.3) is 0 Å². The number of hydrogen-bond acceptors (Lipinski definition) is 4. The van der Waals surface area contributed by atoms with Gasteiger partial charge in [-0.3, -0.25) is 4.79 Å². The Morgan fingerprint density at radius 3 is 2.50 bits per heavy atom. The van der Waals surface area contributed by atoms with Gasteiger partial charge in [-0.1, -0.05) is 0 Å². The molecule has 0 bridgehead atoms. The van der Waals surface area contributed by atoms with Crippen molar-refractivity contribution >= 4 is 15.7 Å². The Bertz CT molecular complexity index is 393. The standard InChI is InChI=1S/C10H18N2O3S/c1-10(2,3)11-6-9(13)12-8-4-5-16(14,15)7-8/h4-5,8,11H,6-7H2,1-3H3,(H,12,13). The number of sulfone groups is 1. The Kier molecular flexibility index (Phi) is 3.75. The highest BCUT2D eigenvalue weighted by Gasteiger charge is 2.23. The van der Waals surface area contributed by atoms with Gasteiger partial charge in [0.15, 0.2) is 9.84 Å². The van der Waals surface area contributed by atoms with Crippen molar-refractivity contribution in [1.82, 2.24) is 10.6 Å². The molecule has 92 valence electrons. The highest BCUT2D eigenvalue weighted by Crippen LogP contribution is 2.07. The molecule has 0 fully saturated rings. The molecule has 1 heterocycles. The summed E-state index contributed by atoms with van der Waals surface area (Å²) in [5, 5.41) is 6.82. The molecule has 0 aromatic carbocycles. The highest BCUT2D eigenvalue weighted by atomic mass is 32.2. The molecular weight excluding hydrogens is 228 g/mol. The number of amides is 1. The molecule has 1 aliphatic rings. The van der Waals surface area contributed by atoms with E-state index in [1.54, 1.807) is 0 Å². The van der Waals surface area contributed by atoms with Crippen molar-refractivity contribution in [3.63, 3.8) is 0 Å². The van der Waals surface area contributed by atoms with Crippen LogP contribution in [-0.2, 0) is 14.6 Å². The lowest BCUT2D eigenvalue weighted by molar-refractivity contribution is -0.120. The molecule has 0 radical (unpaired) electrons. The van der Waals surface area contributed by atoms with E-state index in [1.165, 1.54) is 6.08 Å². The van der Waals surface area contributed by atoms with Crippen molar-refractivity contribution in [2.75, 3.05) is 12.3 Å². The third kappa shape index (κ3) is 4.76. The summed E-state index contributed by atoms with van der Waals surface area (Å²) in [6, 6.07) is -0.390. The van der Waals surface area contributed by atoms with Crippen molar-refractivity contribution in [3.05, 3.63) is 11.5 Å². The zero-order valence-electron chi connectivity index (χ0n) is 9.78. The Balaban J connectivity index is 2.35. The van der Waals surface area contributed by atoms with Crippen LogP contribution in [0.15, 0.2) is 11.5 Å². The number of nitrogens with one attached hydrogen (secondary N) is 2. The monoisotopic (exact) mass is 246 g/mol. The van der Waals surface area contributed by atoms with Crippen molar-refractivity contribution < 1.29 is 13.2 Å². The Hall–Kier alpha value is -0.880. The fourth-order valence-corrected chi connectivity index (χ4v) is 2.50. The summed E-state index contributed by atoms with van der Waals surface area (Å²) >= 11 is 0. The van der Waals surface area contributed by atoms with Gasteiger partial charge in [0.1, 0.15) is 0 Å². The van der Waals surface area contributed by atoms with Crippen molar-refractivity contribution in [2.24, 2.45) is 0 Å². The SMILES string of the molecule is CC(C)(C)NCC(=O)NC1C=CS(=O)(=O)C1. The molecule has 1 unspecified atom stereocenters. The van der Waals surface area contributed by atoms with Crippen LogP contribution in [0.1, 0.15) is 20.8 Å². The highest BCUT2D eigenvalue weighted by molar-refractivity contribution is 7.94. The number of carbonyl (C=O) groups is 1. The second-order valence-corrected chi connectivity index (χ2v) is 6.87. The van der Waals surface area contributed by atoms with Crippen LogP contribution in [-0.4, -0.2) is 38.2 Å². The lowest BCUT2D eigenvalue weighted by atomic mass is 10.1. The van der Waals surface area contributed by atoms with Crippen LogP contribution in [0.4, 0.5) is 0 Å². The molecule has 2 N–H and O–H groups in total. The largest absolute Gasteiger partial charge is 0.348 e. The van der Waals surface area contributed by atoms with Crippen molar-refractivity contribution in [1.29, 1.82) is 0 Å². The summed E-state index contributed by atoms with van der Waals surface area (Å²) in [5.41, 5.74) is -0.130. The fraction of sp³-hybridized carbons (Fsp3) is 0.700. The molecule has 0 spiro atoms. The Labute approximate surface area is 96.2 Å². The molecule has 16 heavy (non-hydrogen) atoms. The predicted molar refractivity (Wildman–Crippen MR) is 62.6 cm³/mol. The average molecular weight is 246 g/mol. The first-order valence-electron chi connectivity index (χ1n) is 5.13. The van der Waals surface area contributed by atoms with E-state index in [-0.39, 0.29) is 29.8 Å². The van der Waals surface area contributed by atoms with Crippen LogP contribution < -0.4 is 10.6 Å². The molecule has 0 aromatic heterocycles. The zero-order valence-corrected chi connectivity index (χ0v) is 10.6. The quantitative estimate of drug-likeness (QED) is 0.723. The Morgan fingerprint density at radius 1 is 1.44 bits per heavy atom. The molecule has 6 heteroatoms. The summed E-state index contributed by atoms with van der Waals surface area (Å²) in [7, 11) is -3.10. The summed E-state index contributed by atoms with van der Waals surface area (Å²) in [6.07, 6.45) is 1.50. The van der Waals surface area contributed by atoms with Crippen LogP contribution in [0.5, 0.6) is 0 Å². The molecule has 0 aliphatic carbocycles. The molecule has 5 nitrogen and oxygen atoms in total. The lowest BCUT2D eigenvalue weighted by Crippen LogP contribution is -2.46. The first kappa shape index (κ1) is 13.2. The number of rotatable bonds is 3. The van der Waals surface area contributed by atoms with E-state index in [0.717, 1.165) is 5.41 Å². The maximum absolute atomic E-state index is 11.5. The van der Waals surface area contributed by atoms with Gasteiger partial charge < -0.3 is 10.6 Å². The Morgan fingerprint density at radius 2 is 2.06 bits per heavy atom. The molecule has 0 saturated heterocycles. The third-order valence-corrected chi connectivity index (χ3v) is 3.45. The molecule has 0 saturated carbocycles. The van der Waals surface area contributed by atoms with Gasteiger partial charge in [0.05, 0.1) is 18.3 Å². The third-order valence-electron chi connectivity index (χ3n) is 2.06. The second kappa shape index (κ2) is 4.55. The first-order chi connectivity index (χ1) is 7.18. The minimum Gasteiger partial charge on any atom is -0.348 e. The van der Waals surface area contributed by atoms with Gasteiger partial charge >= 0.3 is 0 Å². The fourth-order valence-electron chi connectivity index (χ4n) is 1.27. The van der Waals surface area contributed by atoms with Crippen LogP contribution in [0, 0.1) is 0 Å². The maximum atomic E-state index is 11.5. The molecule has 1 amide bonds. The smallest absolute Gasteiger partial charge is 0.234 e. The summed E-state index contributed by atoms with van der Waals surface area (Å²) in [6.45, 7) is 6.06. The van der Waals surface area contributed by atoms with Crippen LogP contribution in [0.3, 0.4) is 0 Å². The number of hydrogen-bond donors (Lipinski definition) is 2. The van der Waals surface area contributed by atoms with Crippen molar-refractivity contribution in [3.8, 4) is 0 Å². The summed E-state index contributed by atoms with van der Waals surface area (Å²) in [5.74, 6) is -0.226. The van der Waals surface area contributed by atoms with E-state index in [4.69, 9.17) is 0 Å². The maximum Gasteiger partial charge on any atom is 0.234 e. The van der Waals surface area contributed by atoms with Gasteiger partial charge in [-0.15, -0.1) is 0 Å². The molecule has 1 aliphatic heterocycles. The number of carbonyl (C=O) groups excluding carboxylic acids is 1. The molecule has 1 rings (SSSR count). The van der Waals surface area contributed by atoms with E-state index in [2.05, 4.69) is 10.6 Å². The molecule has 0 aromatic rings. The summed E-state index contributed by atoms with van der Waals surface area (Å²) in [4.78, 5) is 11.5. The zero-order chi connectivity index (χ0) is 12.4. The van der Waals surface area contributed by atoms with Crippen LogP contribution in [0.25, 0.3) is 0 Å². The topological polar surface area (TPSA) is 75.3 Å². The minimum absolute atomic E-state index is 0.0335. The van der Waals surface area contributed by atoms with E-state index in [0.29, 0.717) is 0 Å². The lowest BCUT2D eigenvalue weighted by Gasteiger charge is -2.20.